The van der Waals surface area contributed by atoms with E-state index in [4.69, 9.17) is 0 Å². The van der Waals surface area contributed by atoms with E-state index in [9.17, 15) is 18.0 Å². The van der Waals surface area contributed by atoms with E-state index >= 15 is 0 Å². The highest BCUT2D eigenvalue weighted by molar-refractivity contribution is 7.92. The Balaban J connectivity index is 1.83. The quantitative estimate of drug-likeness (QED) is 0.168. The highest BCUT2D eigenvalue weighted by atomic mass is 32.2. The summed E-state index contributed by atoms with van der Waals surface area (Å²) < 4.78 is 29.8. The summed E-state index contributed by atoms with van der Waals surface area (Å²) in [4.78, 5) is 30.3. The first-order chi connectivity index (χ1) is 22.0. The maximum atomic E-state index is 14.7. The van der Waals surface area contributed by atoms with E-state index in [1.807, 2.05) is 101 Å². The minimum atomic E-state index is -4.15. The first-order valence-electron chi connectivity index (χ1n) is 15.9. The SMILES string of the molecule is CCc1ccccc1N(CC(=O)N(Cc1ccc(C)cc1)C(Cc1ccccc1)C(=O)NC(C)CC)S(=O)(=O)c1ccc(C)cc1. The monoisotopic (exact) mass is 639 g/mol. The van der Waals surface area contributed by atoms with Crippen molar-refractivity contribution in [2.24, 2.45) is 0 Å². The zero-order valence-electron chi connectivity index (χ0n) is 27.4. The van der Waals surface area contributed by atoms with Crippen LogP contribution in [0.1, 0.15) is 55.0 Å². The molecule has 0 heterocycles. The molecule has 0 spiro atoms. The van der Waals surface area contributed by atoms with Crippen molar-refractivity contribution in [1.82, 2.24) is 10.2 Å². The Labute approximate surface area is 274 Å². The second-order valence-corrected chi connectivity index (χ2v) is 13.7. The molecule has 8 heteroatoms. The molecule has 2 atom stereocenters. The summed E-state index contributed by atoms with van der Waals surface area (Å²) >= 11 is 0. The van der Waals surface area contributed by atoms with E-state index in [-0.39, 0.29) is 29.8 Å². The van der Waals surface area contributed by atoms with E-state index < -0.39 is 28.5 Å². The van der Waals surface area contributed by atoms with Crippen LogP contribution in [0.5, 0.6) is 0 Å². The average molecular weight is 640 g/mol. The summed E-state index contributed by atoms with van der Waals surface area (Å²) in [5.41, 5.74) is 4.98. The number of rotatable bonds is 14. The van der Waals surface area contributed by atoms with Crippen molar-refractivity contribution in [2.45, 2.75) is 77.4 Å². The lowest BCUT2D eigenvalue weighted by molar-refractivity contribution is -0.140. The minimum absolute atomic E-state index is 0.0947. The van der Waals surface area contributed by atoms with Crippen molar-refractivity contribution in [2.75, 3.05) is 10.8 Å². The highest BCUT2D eigenvalue weighted by Crippen LogP contribution is 2.29. The molecule has 7 nitrogen and oxygen atoms in total. The van der Waals surface area contributed by atoms with Crippen LogP contribution in [-0.4, -0.2) is 43.8 Å². The van der Waals surface area contributed by atoms with Crippen molar-refractivity contribution < 1.29 is 18.0 Å². The van der Waals surface area contributed by atoms with Crippen LogP contribution in [0.25, 0.3) is 0 Å². The smallest absolute Gasteiger partial charge is 0.264 e. The summed E-state index contributed by atoms with van der Waals surface area (Å²) in [7, 11) is -4.15. The van der Waals surface area contributed by atoms with Crippen LogP contribution in [0.2, 0.25) is 0 Å². The third-order valence-corrected chi connectivity index (χ3v) is 10.0. The van der Waals surface area contributed by atoms with Gasteiger partial charge in [-0.05, 0) is 68.5 Å². The number of amides is 2. The molecule has 0 radical (unpaired) electrons. The van der Waals surface area contributed by atoms with Crippen LogP contribution in [0, 0.1) is 13.8 Å². The molecular weight excluding hydrogens is 595 g/mol. The van der Waals surface area contributed by atoms with Gasteiger partial charge < -0.3 is 10.2 Å². The number of hydrogen-bond donors (Lipinski definition) is 1. The maximum Gasteiger partial charge on any atom is 0.264 e. The molecule has 4 aromatic carbocycles. The molecule has 0 aliphatic rings. The van der Waals surface area contributed by atoms with Gasteiger partial charge in [-0.3, -0.25) is 13.9 Å². The molecule has 46 heavy (non-hydrogen) atoms. The molecule has 0 saturated heterocycles. The van der Waals surface area contributed by atoms with Crippen LogP contribution in [0.15, 0.2) is 108 Å². The molecule has 0 aromatic heterocycles. The second-order valence-electron chi connectivity index (χ2n) is 11.8. The first kappa shape index (κ1) is 34.4. The van der Waals surface area contributed by atoms with Crippen molar-refractivity contribution in [3.8, 4) is 0 Å². The normalized spacial score (nSPS) is 12.6. The number of nitrogens with one attached hydrogen (secondary N) is 1. The third kappa shape index (κ3) is 8.63. The largest absolute Gasteiger partial charge is 0.352 e. The van der Waals surface area contributed by atoms with Gasteiger partial charge in [0.15, 0.2) is 0 Å². The molecule has 0 fully saturated rings. The van der Waals surface area contributed by atoms with E-state index in [2.05, 4.69) is 5.32 Å². The van der Waals surface area contributed by atoms with Gasteiger partial charge in [0, 0.05) is 19.0 Å². The molecule has 2 unspecified atom stereocenters. The molecule has 2 amide bonds. The molecule has 4 aromatic rings. The van der Waals surface area contributed by atoms with E-state index in [0.29, 0.717) is 12.1 Å². The maximum absolute atomic E-state index is 14.7. The Bertz CT molecular complexity index is 1710. The van der Waals surface area contributed by atoms with Crippen LogP contribution >= 0.6 is 0 Å². The van der Waals surface area contributed by atoms with Gasteiger partial charge >= 0.3 is 0 Å². The summed E-state index contributed by atoms with van der Waals surface area (Å²) in [5.74, 6) is -0.747. The molecule has 242 valence electrons. The molecule has 0 aliphatic heterocycles. The molecule has 1 N–H and O–H groups in total. The fourth-order valence-electron chi connectivity index (χ4n) is 5.29. The van der Waals surface area contributed by atoms with Crippen LogP contribution in [-0.2, 0) is 39.0 Å². The lowest BCUT2D eigenvalue weighted by Crippen LogP contribution is -2.54. The molecule has 0 bridgehead atoms. The van der Waals surface area contributed by atoms with Crippen LogP contribution in [0.3, 0.4) is 0 Å². The molecule has 0 saturated carbocycles. The van der Waals surface area contributed by atoms with Crippen LogP contribution in [0.4, 0.5) is 5.69 Å². The van der Waals surface area contributed by atoms with E-state index in [1.165, 1.54) is 4.31 Å². The number of anilines is 1. The Hall–Kier alpha value is -4.43. The molecule has 4 rings (SSSR count). The predicted molar refractivity (Wildman–Crippen MR) is 185 cm³/mol. The summed E-state index contributed by atoms with van der Waals surface area (Å²) in [6, 6.07) is 30.3. The van der Waals surface area contributed by atoms with Gasteiger partial charge in [0.05, 0.1) is 10.6 Å². The Morgan fingerprint density at radius 3 is 1.96 bits per heavy atom. The standard InChI is InChI=1S/C38H45N3O4S/c1-6-30(5)39-38(43)36(25-31-13-9-8-10-14-31)40(26-32-21-17-28(3)18-22-32)37(42)27-41(35-16-12-11-15-33(35)7-2)46(44,45)34-23-19-29(4)20-24-34/h8-24,30,36H,6-7,25-27H2,1-5H3,(H,39,43). The Morgan fingerprint density at radius 1 is 0.761 bits per heavy atom. The first-order valence-corrected chi connectivity index (χ1v) is 17.3. The third-order valence-electron chi connectivity index (χ3n) is 8.27. The van der Waals surface area contributed by atoms with Crippen molar-refractivity contribution in [1.29, 1.82) is 0 Å². The van der Waals surface area contributed by atoms with E-state index in [0.717, 1.165) is 34.2 Å². The Morgan fingerprint density at radius 2 is 1.35 bits per heavy atom. The van der Waals surface area contributed by atoms with Crippen molar-refractivity contribution in [3.63, 3.8) is 0 Å². The summed E-state index contributed by atoms with van der Waals surface area (Å²) in [6.07, 6.45) is 1.58. The van der Waals surface area contributed by atoms with Gasteiger partial charge in [0.25, 0.3) is 10.0 Å². The summed E-state index contributed by atoms with van der Waals surface area (Å²) in [5, 5.41) is 3.08. The number of carbonyl (C=O) groups excluding carboxylic acids is 2. The summed E-state index contributed by atoms with van der Waals surface area (Å²) in [6.45, 7) is 9.43. The number of nitrogens with zero attached hydrogens (tertiary/aromatic N) is 2. The van der Waals surface area contributed by atoms with Crippen molar-refractivity contribution in [3.05, 3.63) is 131 Å². The van der Waals surface area contributed by atoms with Crippen molar-refractivity contribution >= 4 is 27.5 Å². The highest BCUT2D eigenvalue weighted by Gasteiger charge is 2.35. The predicted octanol–water partition coefficient (Wildman–Crippen LogP) is 6.62. The molecule has 0 aliphatic carbocycles. The lowest BCUT2D eigenvalue weighted by Gasteiger charge is -2.34. The fourth-order valence-corrected chi connectivity index (χ4v) is 6.74. The second kappa shape index (κ2) is 15.7. The number of benzene rings is 4. The Kier molecular flexibility index (Phi) is 11.8. The van der Waals surface area contributed by atoms with Gasteiger partial charge in [-0.15, -0.1) is 0 Å². The number of sulfonamides is 1. The lowest BCUT2D eigenvalue weighted by atomic mass is 10.0. The molecular formula is C38H45N3O4S. The van der Waals surface area contributed by atoms with E-state index in [1.54, 1.807) is 41.3 Å². The topological polar surface area (TPSA) is 86.8 Å². The number of hydrogen-bond acceptors (Lipinski definition) is 4. The number of para-hydroxylation sites is 1. The van der Waals surface area contributed by atoms with Gasteiger partial charge in [0.2, 0.25) is 11.8 Å². The fraction of sp³-hybridized carbons (Fsp3) is 0.316. The van der Waals surface area contributed by atoms with Gasteiger partial charge in [0.1, 0.15) is 12.6 Å². The zero-order chi connectivity index (χ0) is 33.3. The average Bonchev–Trinajstić information content (AvgIpc) is 3.06. The zero-order valence-corrected chi connectivity index (χ0v) is 28.3. The van der Waals surface area contributed by atoms with Crippen LogP contribution < -0.4 is 9.62 Å². The number of aryl methyl sites for hydroxylation is 3. The minimum Gasteiger partial charge on any atom is -0.352 e. The van der Waals surface area contributed by atoms with Gasteiger partial charge in [-0.2, -0.15) is 0 Å². The van der Waals surface area contributed by atoms with Gasteiger partial charge in [-0.25, -0.2) is 8.42 Å². The number of carbonyl (C=O) groups is 2. The van der Waals surface area contributed by atoms with Gasteiger partial charge in [-0.1, -0.05) is 110 Å².